The van der Waals surface area contributed by atoms with Crippen molar-refractivity contribution in [3.63, 3.8) is 0 Å². The lowest BCUT2D eigenvalue weighted by Crippen LogP contribution is -2.51. The quantitative estimate of drug-likeness (QED) is 0.371. The molecular formula is C19H14Br2N2O3S. The van der Waals surface area contributed by atoms with Crippen LogP contribution in [0, 0.1) is 6.92 Å². The number of benzene rings is 2. The van der Waals surface area contributed by atoms with Crippen molar-refractivity contribution in [2.24, 2.45) is 0 Å². The third kappa shape index (κ3) is 4.82. The highest BCUT2D eigenvalue weighted by molar-refractivity contribution is 9.11. The van der Waals surface area contributed by atoms with Crippen LogP contribution in [-0.4, -0.2) is 16.9 Å². The van der Waals surface area contributed by atoms with Gasteiger partial charge in [-0.2, -0.15) is 0 Å². The molecular weight excluding hydrogens is 496 g/mol. The maximum absolute atomic E-state index is 12.1. The number of halogens is 2. The zero-order valence-corrected chi connectivity index (χ0v) is 18.1. The molecule has 0 aromatic heterocycles. The van der Waals surface area contributed by atoms with Gasteiger partial charge in [0.25, 0.3) is 11.8 Å². The average molecular weight is 510 g/mol. The fraction of sp³-hybridized carbons (Fsp3) is 0.105. The van der Waals surface area contributed by atoms with Gasteiger partial charge in [-0.3, -0.25) is 20.2 Å². The lowest BCUT2D eigenvalue weighted by atomic mass is 10.1. The maximum atomic E-state index is 12.1. The number of thiocarbonyl (C=S) groups is 1. The molecule has 2 amide bonds. The first-order chi connectivity index (χ1) is 12.8. The van der Waals surface area contributed by atoms with Gasteiger partial charge in [-0.1, -0.05) is 45.8 Å². The van der Waals surface area contributed by atoms with Gasteiger partial charge in [-0.25, -0.2) is 0 Å². The van der Waals surface area contributed by atoms with Crippen molar-refractivity contribution in [1.29, 1.82) is 0 Å². The normalized spacial score (nSPS) is 13.9. The van der Waals surface area contributed by atoms with E-state index >= 15 is 0 Å². The van der Waals surface area contributed by atoms with Crippen LogP contribution in [0.3, 0.4) is 0 Å². The molecule has 1 heterocycles. The number of nitrogens with one attached hydrogen (secondary N) is 2. The lowest BCUT2D eigenvalue weighted by Gasteiger charge is -2.17. The summed E-state index contributed by atoms with van der Waals surface area (Å²) in [5, 5.41) is 4.83. The van der Waals surface area contributed by atoms with Crippen molar-refractivity contribution < 1.29 is 14.3 Å². The highest BCUT2D eigenvalue weighted by Crippen LogP contribution is 2.35. The number of rotatable bonds is 4. The first-order valence-corrected chi connectivity index (χ1v) is 9.88. The van der Waals surface area contributed by atoms with Crippen molar-refractivity contribution >= 4 is 67.1 Å². The van der Waals surface area contributed by atoms with Crippen molar-refractivity contribution in [2.45, 2.75) is 13.5 Å². The zero-order chi connectivity index (χ0) is 19.6. The summed E-state index contributed by atoms with van der Waals surface area (Å²) in [5.74, 6) is -0.575. The van der Waals surface area contributed by atoms with E-state index in [1.807, 2.05) is 37.3 Å². The molecule has 2 aromatic rings. The molecule has 2 aromatic carbocycles. The molecule has 2 N–H and O–H groups in total. The van der Waals surface area contributed by atoms with Crippen molar-refractivity contribution in [2.75, 3.05) is 0 Å². The third-order valence-corrected chi connectivity index (χ3v) is 5.04. The first-order valence-electron chi connectivity index (χ1n) is 7.89. The second kappa shape index (κ2) is 8.33. The molecule has 3 rings (SSSR count). The fourth-order valence-electron chi connectivity index (χ4n) is 2.44. The molecule has 0 saturated carbocycles. The topological polar surface area (TPSA) is 67.4 Å². The van der Waals surface area contributed by atoms with Gasteiger partial charge in [0.15, 0.2) is 5.11 Å². The molecule has 1 saturated heterocycles. The van der Waals surface area contributed by atoms with Crippen LogP contribution < -0.4 is 15.4 Å². The smallest absolute Gasteiger partial charge is 0.263 e. The number of hydrogen-bond donors (Lipinski definition) is 2. The number of hydrogen-bond acceptors (Lipinski definition) is 4. The van der Waals surface area contributed by atoms with E-state index in [0.717, 1.165) is 10.0 Å². The van der Waals surface area contributed by atoms with E-state index in [4.69, 9.17) is 17.0 Å². The molecule has 8 heteroatoms. The summed E-state index contributed by atoms with van der Waals surface area (Å²) in [7, 11) is 0. The van der Waals surface area contributed by atoms with Crippen LogP contribution in [0.4, 0.5) is 0 Å². The number of carbonyl (C=O) groups is 2. The summed E-state index contributed by atoms with van der Waals surface area (Å²) in [5.41, 5.74) is 2.71. The van der Waals surface area contributed by atoms with Crippen LogP contribution in [0.1, 0.15) is 16.7 Å². The Labute approximate surface area is 178 Å². The Balaban J connectivity index is 1.94. The Hall–Kier alpha value is -2.03. The first kappa shape index (κ1) is 19.7. The predicted octanol–water partition coefficient (Wildman–Crippen LogP) is 4.01. The summed E-state index contributed by atoms with van der Waals surface area (Å²) in [6.07, 6.45) is 1.48. The second-order valence-corrected chi connectivity index (χ2v) is 8.05. The second-order valence-electron chi connectivity index (χ2n) is 5.88. The molecule has 0 radical (unpaired) electrons. The van der Waals surface area contributed by atoms with E-state index in [1.54, 1.807) is 6.07 Å². The fourth-order valence-corrected chi connectivity index (χ4v) is 4.00. The molecule has 27 heavy (non-hydrogen) atoms. The van der Waals surface area contributed by atoms with E-state index in [0.29, 0.717) is 22.4 Å². The molecule has 0 bridgehead atoms. The minimum Gasteiger partial charge on any atom is -0.487 e. The van der Waals surface area contributed by atoms with E-state index in [-0.39, 0.29) is 10.7 Å². The van der Waals surface area contributed by atoms with Gasteiger partial charge in [-0.05, 0) is 58.8 Å². The maximum Gasteiger partial charge on any atom is 0.263 e. The number of amides is 2. The Morgan fingerprint density at radius 2 is 1.70 bits per heavy atom. The third-order valence-electron chi connectivity index (χ3n) is 3.78. The molecule has 1 aliphatic rings. The Morgan fingerprint density at radius 3 is 2.33 bits per heavy atom. The van der Waals surface area contributed by atoms with Crippen LogP contribution in [0.2, 0.25) is 0 Å². The molecule has 0 aliphatic carbocycles. The predicted molar refractivity (Wildman–Crippen MR) is 114 cm³/mol. The van der Waals surface area contributed by atoms with Gasteiger partial charge in [0, 0.05) is 10.0 Å². The van der Waals surface area contributed by atoms with Crippen LogP contribution in [0.5, 0.6) is 5.75 Å². The summed E-state index contributed by atoms with van der Waals surface area (Å²) in [6.45, 7) is 2.37. The molecule has 0 unspecified atom stereocenters. The summed E-state index contributed by atoms with van der Waals surface area (Å²) in [6, 6.07) is 11.6. The monoisotopic (exact) mass is 508 g/mol. The van der Waals surface area contributed by atoms with E-state index in [1.165, 1.54) is 11.6 Å². The molecule has 0 spiro atoms. The van der Waals surface area contributed by atoms with Gasteiger partial charge in [-0.15, -0.1) is 0 Å². The van der Waals surface area contributed by atoms with E-state index in [9.17, 15) is 9.59 Å². The van der Waals surface area contributed by atoms with Crippen LogP contribution in [-0.2, 0) is 16.2 Å². The van der Waals surface area contributed by atoms with Gasteiger partial charge in [0.05, 0.1) is 4.47 Å². The van der Waals surface area contributed by atoms with E-state index in [2.05, 4.69) is 42.5 Å². The standard InChI is InChI=1S/C19H14Br2N2O3S/c1-10-2-4-11(5-3-10)9-26-16-12(6-13(20)8-15(16)21)7-14-17(24)22-19(27)23-18(14)25/h2-8H,9H2,1H3,(H2,22,23,24,25,27). The Morgan fingerprint density at radius 1 is 1.07 bits per heavy atom. The number of aryl methyl sites for hydroxylation is 1. The van der Waals surface area contributed by atoms with Crippen LogP contribution >= 0.6 is 44.1 Å². The van der Waals surface area contributed by atoms with Gasteiger partial charge in [0.2, 0.25) is 0 Å². The molecule has 5 nitrogen and oxygen atoms in total. The minimum absolute atomic E-state index is 0.00610. The van der Waals surface area contributed by atoms with Crippen molar-refractivity contribution in [3.8, 4) is 5.75 Å². The van der Waals surface area contributed by atoms with Gasteiger partial charge in [0.1, 0.15) is 17.9 Å². The highest BCUT2D eigenvalue weighted by Gasteiger charge is 2.26. The van der Waals surface area contributed by atoms with Crippen LogP contribution in [0.25, 0.3) is 6.08 Å². The number of carbonyl (C=O) groups excluding carboxylic acids is 2. The Kier molecular flexibility index (Phi) is 6.08. The summed E-state index contributed by atoms with van der Waals surface area (Å²) >= 11 is 11.7. The average Bonchev–Trinajstić information content (AvgIpc) is 2.58. The van der Waals surface area contributed by atoms with Crippen molar-refractivity contribution in [3.05, 3.63) is 67.6 Å². The van der Waals surface area contributed by atoms with Crippen molar-refractivity contribution in [1.82, 2.24) is 10.6 Å². The number of ether oxygens (including phenoxy) is 1. The molecule has 0 atom stereocenters. The van der Waals surface area contributed by atoms with Gasteiger partial charge < -0.3 is 4.74 Å². The zero-order valence-electron chi connectivity index (χ0n) is 14.1. The summed E-state index contributed by atoms with van der Waals surface area (Å²) in [4.78, 5) is 24.2. The highest BCUT2D eigenvalue weighted by atomic mass is 79.9. The molecule has 1 aliphatic heterocycles. The lowest BCUT2D eigenvalue weighted by molar-refractivity contribution is -0.123. The molecule has 1 fully saturated rings. The largest absolute Gasteiger partial charge is 0.487 e. The SMILES string of the molecule is Cc1ccc(COc2c(Br)cc(Br)cc2C=C2C(=O)NC(=S)NC2=O)cc1. The summed E-state index contributed by atoms with van der Waals surface area (Å²) < 4.78 is 7.45. The Bertz CT molecular complexity index is 950. The minimum atomic E-state index is -0.552. The van der Waals surface area contributed by atoms with Gasteiger partial charge >= 0.3 is 0 Å². The van der Waals surface area contributed by atoms with Crippen LogP contribution in [0.15, 0.2) is 50.9 Å². The molecule has 138 valence electrons. The van der Waals surface area contributed by atoms with E-state index < -0.39 is 11.8 Å².